The maximum absolute atomic E-state index is 15.0. The van der Waals surface area contributed by atoms with Crippen molar-refractivity contribution in [3.8, 4) is 0 Å². The fourth-order valence-electron chi connectivity index (χ4n) is 5.28. The van der Waals surface area contributed by atoms with Gasteiger partial charge in [-0.3, -0.25) is 0 Å². The molecule has 2 rings (SSSR count). The summed E-state index contributed by atoms with van der Waals surface area (Å²) in [4.78, 5) is 0. The lowest BCUT2D eigenvalue weighted by Crippen LogP contribution is -2.33. The SMILES string of the molecule is CCCCCCCC1(F)CCC([C@H]2CC[C@H](CCC)CC2)CC1. The maximum Gasteiger partial charge on any atom is 0.111 e. The molecule has 0 amide bonds. The molecule has 2 saturated carbocycles. The molecule has 0 atom stereocenters. The Morgan fingerprint density at radius 1 is 0.739 bits per heavy atom. The molecule has 0 aliphatic heterocycles. The van der Waals surface area contributed by atoms with E-state index in [-0.39, 0.29) is 0 Å². The number of alkyl halides is 1. The zero-order valence-corrected chi connectivity index (χ0v) is 15.9. The van der Waals surface area contributed by atoms with Gasteiger partial charge in [0, 0.05) is 0 Å². The maximum atomic E-state index is 15.0. The van der Waals surface area contributed by atoms with Crippen molar-refractivity contribution in [2.45, 2.75) is 122 Å². The van der Waals surface area contributed by atoms with Gasteiger partial charge >= 0.3 is 0 Å². The third kappa shape index (κ3) is 6.39. The average molecular weight is 325 g/mol. The lowest BCUT2D eigenvalue weighted by molar-refractivity contribution is 0.0455. The van der Waals surface area contributed by atoms with Crippen molar-refractivity contribution in [3.05, 3.63) is 0 Å². The molecule has 23 heavy (non-hydrogen) atoms. The highest BCUT2D eigenvalue weighted by molar-refractivity contribution is 4.89. The molecule has 2 aliphatic carbocycles. The van der Waals surface area contributed by atoms with Crippen LogP contribution in [0, 0.1) is 17.8 Å². The minimum atomic E-state index is -0.803. The van der Waals surface area contributed by atoms with Crippen molar-refractivity contribution in [2.24, 2.45) is 17.8 Å². The lowest BCUT2D eigenvalue weighted by atomic mass is 9.67. The molecule has 0 aromatic carbocycles. The molecule has 0 heterocycles. The molecule has 0 spiro atoms. The highest BCUT2D eigenvalue weighted by Gasteiger charge is 2.38. The number of rotatable bonds is 9. The molecule has 136 valence electrons. The summed E-state index contributed by atoms with van der Waals surface area (Å²) in [6.07, 6.45) is 19.7. The van der Waals surface area contributed by atoms with E-state index < -0.39 is 5.67 Å². The molecule has 0 N–H and O–H groups in total. The van der Waals surface area contributed by atoms with E-state index in [1.54, 1.807) is 0 Å². The van der Waals surface area contributed by atoms with E-state index in [9.17, 15) is 4.39 Å². The standard InChI is InChI=1S/C22H41F/c1-3-5-6-7-8-16-22(23)17-14-21(15-18-22)20-12-10-19(9-4-2)11-13-20/h19-21H,3-18H2,1-2H3/t19-,20-,21?,22?. The van der Waals surface area contributed by atoms with Gasteiger partial charge in [0.25, 0.3) is 0 Å². The van der Waals surface area contributed by atoms with Crippen molar-refractivity contribution in [1.29, 1.82) is 0 Å². The van der Waals surface area contributed by atoms with Crippen molar-refractivity contribution >= 4 is 0 Å². The van der Waals surface area contributed by atoms with Crippen molar-refractivity contribution in [1.82, 2.24) is 0 Å². The smallest absolute Gasteiger partial charge is 0.111 e. The zero-order valence-electron chi connectivity index (χ0n) is 15.9. The molecular formula is C22H41F. The minimum Gasteiger partial charge on any atom is -0.244 e. The Balaban J connectivity index is 1.63. The Morgan fingerprint density at radius 3 is 1.96 bits per heavy atom. The molecule has 0 nitrogen and oxygen atoms in total. The van der Waals surface area contributed by atoms with E-state index in [0.29, 0.717) is 0 Å². The van der Waals surface area contributed by atoms with E-state index in [1.807, 2.05) is 0 Å². The van der Waals surface area contributed by atoms with Crippen LogP contribution in [0.2, 0.25) is 0 Å². The van der Waals surface area contributed by atoms with E-state index in [4.69, 9.17) is 0 Å². The van der Waals surface area contributed by atoms with Gasteiger partial charge in [0.15, 0.2) is 0 Å². The van der Waals surface area contributed by atoms with Gasteiger partial charge in [-0.1, -0.05) is 71.6 Å². The van der Waals surface area contributed by atoms with Crippen LogP contribution in [0.1, 0.15) is 117 Å². The van der Waals surface area contributed by atoms with E-state index in [1.165, 1.54) is 77.0 Å². The van der Waals surface area contributed by atoms with Crippen LogP contribution in [0.15, 0.2) is 0 Å². The first-order valence-corrected chi connectivity index (χ1v) is 10.9. The summed E-state index contributed by atoms with van der Waals surface area (Å²) in [7, 11) is 0. The van der Waals surface area contributed by atoms with Gasteiger partial charge in [-0.15, -0.1) is 0 Å². The summed E-state index contributed by atoms with van der Waals surface area (Å²) in [6.45, 7) is 4.56. The van der Waals surface area contributed by atoms with Gasteiger partial charge in [0.2, 0.25) is 0 Å². The van der Waals surface area contributed by atoms with Gasteiger partial charge in [-0.2, -0.15) is 0 Å². The van der Waals surface area contributed by atoms with Crippen LogP contribution in [-0.4, -0.2) is 5.67 Å². The van der Waals surface area contributed by atoms with Gasteiger partial charge < -0.3 is 0 Å². The van der Waals surface area contributed by atoms with Crippen LogP contribution in [-0.2, 0) is 0 Å². The minimum absolute atomic E-state index is 0.803. The monoisotopic (exact) mass is 324 g/mol. The number of hydrogen-bond acceptors (Lipinski definition) is 0. The van der Waals surface area contributed by atoms with Crippen LogP contribution in [0.4, 0.5) is 4.39 Å². The van der Waals surface area contributed by atoms with Crippen LogP contribution in [0.3, 0.4) is 0 Å². The molecule has 0 radical (unpaired) electrons. The van der Waals surface area contributed by atoms with Crippen LogP contribution in [0.25, 0.3) is 0 Å². The molecule has 0 saturated heterocycles. The molecular weight excluding hydrogens is 283 g/mol. The fourth-order valence-corrected chi connectivity index (χ4v) is 5.28. The summed E-state index contributed by atoms with van der Waals surface area (Å²) in [6, 6.07) is 0. The average Bonchev–Trinajstić information content (AvgIpc) is 2.57. The quantitative estimate of drug-likeness (QED) is 0.379. The number of hydrogen-bond donors (Lipinski definition) is 0. The Bertz CT molecular complexity index is 295. The summed E-state index contributed by atoms with van der Waals surface area (Å²) >= 11 is 0. The largest absolute Gasteiger partial charge is 0.244 e. The predicted molar refractivity (Wildman–Crippen MR) is 99.5 cm³/mol. The van der Waals surface area contributed by atoms with Gasteiger partial charge in [0.1, 0.15) is 5.67 Å². The molecule has 0 unspecified atom stereocenters. The van der Waals surface area contributed by atoms with Crippen LogP contribution in [0.5, 0.6) is 0 Å². The second-order valence-corrected chi connectivity index (χ2v) is 8.72. The predicted octanol–water partition coefficient (Wildman–Crippen LogP) is 7.85. The first-order valence-electron chi connectivity index (χ1n) is 10.9. The van der Waals surface area contributed by atoms with E-state index in [0.717, 1.165) is 43.4 Å². The Kier molecular flexibility index (Phi) is 8.41. The number of unbranched alkanes of at least 4 members (excludes halogenated alkanes) is 4. The second-order valence-electron chi connectivity index (χ2n) is 8.72. The topological polar surface area (TPSA) is 0 Å². The number of halogens is 1. The summed E-state index contributed by atoms with van der Waals surface area (Å²) in [5.41, 5.74) is -0.803. The Hall–Kier alpha value is -0.0700. The summed E-state index contributed by atoms with van der Waals surface area (Å²) in [5.74, 6) is 2.78. The fraction of sp³-hybridized carbons (Fsp3) is 1.00. The molecule has 1 heteroatoms. The third-order valence-corrected chi connectivity index (χ3v) is 6.91. The normalized spacial score (nSPS) is 35.3. The zero-order chi connectivity index (χ0) is 16.5. The molecule has 0 aromatic rings. The van der Waals surface area contributed by atoms with Crippen molar-refractivity contribution in [2.75, 3.05) is 0 Å². The Morgan fingerprint density at radius 2 is 1.35 bits per heavy atom. The molecule has 0 bridgehead atoms. The second kappa shape index (κ2) is 10.0. The molecule has 0 aromatic heterocycles. The van der Waals surface area contributed by atoms with Crippen LogP contribution >= 0.6 is 0 Å². The molecule has 2 fully saturated rings. The van der Waals surface area contributed by atoms with Crippen molar-refractivity contribution < 1.29 is 4.39 Å². The highest BCUT2D eigenvalue weighted by Crippen LogP contribution is 2.45. The van der Waals surface area contributed by atoms with Gasteiger partial charge in [0.05, 0.1) is 0 Å². The lowest BCUT2D eigenvalue weighted by Gasteiger charge is -2.40. The first-order chi connectivity index (χ1) is 11.2. The van der Waals surface area contributed by atoms with E-state index >= 15 is 0 Å². The van der Waals surface area contributed by atoms with E-state index in [2.05, 4.69) is 13.8 Å². The highest BCUT2D eigenvalue weighted by atomic mass is 19.1. The summed E-state index contributed by atoms with van der Waals surface area (Å²) < 4.78 is 15.0. The Labute approximate surface area is 145 Å². The van der Waals surface area contributed by atoms with Crippen LogP contribution < -0.4 is 0 Å². The first kappa shape index (κ1) is 19.3. The van der Waals surface area contributed by atoms with Gasteiger partial charge in [-0.05, 0) is 62.7 Å². The van der Waals surface area contributed by atoms with Gasteiger partial charge in [-0.25, -0.2) is 4.39 Å². The summed E-state index contributed by atoms with van der Waals surface area (Å²) in [5, 5.41) is 0. The third-order valence-electron chi connectivity index (χ3n) is 6.91. The molecule has 2 aliphatic rings. The van der Waals surface area contributed by atoms with Crippen molar-refractivity contribution in [3.63, 3.8) is 0 Å².